The van der Waals surface area contributed by atoms with Crippen LogP contribution in [0.2, 0.25) is 5.02 Å². The summed E-state index contributed by atoms with van der Waals surface area (Å²) in [5.41, 5.74) is 0. The van der Waals surface area contributed by atoms with E-state index in [1.807, 2.05) is 0 Å². The van der Waals surface area contributed by atoms with Gasteiger partial charge in [0.15, 0.2) is 0 Å². The van der Waals surface area contributed by atoms with Crippen LogP contribution in [-0.4, -0.2) is 87.8 Å². The van der Waals surface area contributed by atoms with E-state index in [0.29, 0.717) is 37.5 Å². The van der Waals surface area contributed by atoms with Crippen LogP contribution in [0.3, 0.4) is 0 Å². The Bertz CT molecular complexity index is 771. The number of halogens is 1. The number of piperidine rings is 1. The molecule has 0 bridgehead atoms. The lowest BCUT2D eigenvalue weighted by Crippen LogP contribution is -2.45. The normalized spacial score (nSPS) is 20.6. The van der Waals surface area contributed by atoms with E-state index in [-0.39, 0.29) is 16.7 Å². The van der Waals surface area contributed by atoms with Gasteiger partial charge in [0.1, 0.15) is 0 Å². The van der Waals surface area contributed by atoms with Crippen LogP contribution in [0.4, 0.5) is 0 Å². The second kappa shape index (κ2) is 10.2. The number of hydrogen-bond donors (Lipinski definition) is 1. The largest absolute Gasteiger partial charge is 0.356 e. The van der Waals surface area contributed by atoms with Gasteiger partial charge in [-0.05, 0) is 57.1 Å². The van der Waals surface area contributed by atoms with Gasteiger partial charge < -0.3 is 15.1 Å². The first-order valence-corrected chi connectivity index (χ1v) is 12.1. The maximum atomic E-state index is 12.7. The third-order valence-corrected chi connectivity index (χ3v) is 7.99. The molecule has 2 heterocycles. The Morgan fingerprint density at radius 1 is 1.07 bits per heavy atom. The van der Waals surface area contributed by atoms with Crippen LogP contribution in [-0.2, 0) is 14.8 Å². The number of piperazine rings is 1. The van der Waals surface area contributed by atoms with Crippen molar-refractivity contribution in [2.24, 2.45) is 5.92 Å². The molecular formula is C20H31ClN4O3S. The molecule has 9 heteroatoms. The monoisotopic (exact) mass is 442 g/mol. The lowest BCUT2D eigenvalue weighted by atomic mass is 9.97. The van der Waals surface area contributed by atoms with Crippen molar-refractivity contribution in [1.29, 1.82) is 0 Å². The highest BCUT2D eigenvalue weighted by Crippen LogP contribution is 2.24. The molecule has 0 atom stereocenters. The highest BCUT2D eigenvalue weighted by molar-refractivity contribution is 7.89. The lowest BCUT2D eigenvalue weighted by Gasteiger charge is -2.32. The summed E-state index contributed by atoms with van der Waals surface area (Å²) in [6, 6.07) is 6.21. The molecule has 2 fully saturated rings. The highest BCUT2D eigenvalue weighted by Gasteiger charge is 2.32. The molecule has 0 saturated carbocycles. The SMILES string of the molecule is CN1CCN(CCCNC(=O)C2CCN(S(=O)(=O)c3ccc(Cl)cc3)CC2)CC1. The second-order valence-electron chi connectivity index (χ2n) is 7.92. The van der Waals surface area contributed by atoms with Gasteiger partial charge >= 0.3 is 0 Å². The van der Waals surface area contributed by atoms with Crippen molar-refractivity contribution in [2.75, 3.05) is 59.4 Å². The fourth-order valence-electron chi connectivity index (χ4n) is 3.84. The molecule has 1 aromatic rings. The topological polar surface area (TPSA) is 73.0 Å². The van der Waals surface area contributed by atoms with Crippen molar-refractivity contribution in [2.45, 2.75) is 24.2 Å². The van der Waals surface area contributed by atoms with Crippen LogP contribution in [0, 0.1) is 5.92 Å². The van der Waals surface area contributed by atoms with Crippen LogP contribution in [0.15, 0.2) is 29.2 Å². The van der Waals surface area contributed by atoms with E-state index in [0.717, 1.165) is 39.1 Å². The molecule has 0 aromatic heterocycles. The number of nitrogens with zero attached hydrogens (tertiary/aromatic N) is 3. The van der Waals surface area contributed by atoms with Gasteiger partial charge in [0, 0.05) is 56.8 Å². The van der Waals surface area contributed by atoms with Gasteiger partial charge in [-0.3, -0.25) is 4.79 Å². The molecule has 2 aliphatic rings. The van der Waals surface area contributed by atoms with Gasteiger partial charge in [-0.1, -0.05) is 11.6 Å². The maximum absolute atomic E-state index is 12.7. The first kappa shape index (κ1) is 22.5. The molecule has 2 saturated heterocycles. The molecule has 0 unspecified atom stereocenters. The molecule has 3 rings (SSSR count). The van der Waals surface area contributed by atoms with Crippen LogP contribution >= 0.6 is 11.6 Å². The Balaban J connectivity index is 1.38. The third-order valence-electron chi connectivity index (χ3n) is 5.82. The van der Waals surface area contributed by atoms with E-state index < -0.39 is 10.0 Å². The fraction of sp³-hybridized carbons (Fsp3) is 0.650. The van der Waals surface area contributed by atoms with Crippen LogP contribution in [0.5, 0.6) is 0 Å². The smallest absolute Gasteiger partial charge is 0.243 e. The summed E-state index contributed by atoms with van der Waals surface area (Å²) in [6.45, 7) is 6.79. The minimum absolute atomic E-state index is 0.0481. The zero-order valence-corrected chi connectivity index (χ0v) is 18.6. The number of rotatable bonds is 7. The molecule has 1 amide bonds. The van der Waals surface area contributed by atoms with Crippen LogP contribution in [0.25, 0.3) is 0 Å². The number of nitrogens with one attached hydrogen (secondary N) is 1. The molecule has 29 heavy (non-hydrogen) atoms. The Morgan fingerprint density at radius 3 is 2.31 bits per heavy atom. The van der Waals surface area contributed by atoms with E-state index in [2.05, 4.69) is 22.2 Å². The summed E-state index contributed by atoms with van der Waals surface area (Å²) in [5.74, 6) is -0.0674. The first-order chi connectivity index (χ1) is 13.9. The molecule has 162 valence electrons. The van der Waals surface area contributed by atoms with Crippen molar-refractivity contribution in [3.63, 3.8) is 0 Å². The van der Waals surface area contributed by atoms with Gasteiger partial charge in [0.25, 0.3) is 0 Å². The lowest BCUT2D eigenvalue weighted by molar-refractivity contribution is -0.126. The summed E-state index contributed by atoms with van der Waals surface area (Å²) >= 11 is 5.85. The number of sulfonamides is 1. The number of amides is 1. The number of carbonyl (C=O) groups is 1. The summed E-state index contributed by atoms with van der Waals surface area (Å²) in [4.78, 5) is 17.5. The average Bonchev–Trinajstić information content (AvgIpc) is 2.73. The maximum Gasteiger partial charge on any atom is 0.243 e. The van der Waals surface area contributed by atoms with Crippen LogP contribution in [0.1, 0.15) is 19.3 Å². The predicted octanol–water partition coefficient (Wildman–Crippen LogP) is 1.49. The molecule has 0 spiro atoms. The first-order valence-electron chi connectivity index (χ1n) is 10.3. The van der Waals surface area contributed by atoms with Gasteiger partial charge in [-0.25, -0.2) is 8.42 Å². The average molecular weight is 443 g/mol. The number of carbonyl (C=O) groups excluding carboxylic acids is 1. The standard InChI is InChI=1S/C20H31ClN4O3S/c1-23-13-15-24(16-14-23)10-2-9-22-20(26)17-7-11-25(12-8-17)29(27,28)19-5-3-18(21)4-6-19/h3-6,17H,2,7-16H2,1H3,(H,22,26). The van der Waals surface area contributed by atoms with E-state index in [9.17, 15) is 13.2 Å². The quantitative estimate of drug-likeness (QED) is 0.648. The van der Waals surface area contributed by atoms with Gasteiger partial charge in [-0.15, -0.1) is 0 Å². The zero-order valence-electron chi connectivity index (χ0n) is 17.0. The second-order valence-corrected chi connectivity index (χ2v) is 10.3. The molecular weight excluding hydrogens is 412 g/mol. The Hall–Kier alpha value is -1.19. The number of benzene rings is 1. The van der Waals surface area contributed by atoms with E-state index >= 15 is 0 Å². The summed E-state index contributed by atoms with van der Waals surface area (Å²) < 4.78 is 26.9. The molecule has 1 aromatic carbocycles. The molecule has 0 aliphatic carbocycles. The summed E-state index contributed by atoms with van der Waals surface area (Å²) in [5, 5.41) is 3.54. The number of likely N-dealkylation sites (N-methyl/N-ethyl adjacent to an activating group) is 1. The minimum atomic E-state index is -3.53. The third kappa shape index (κ3) is 6.15. The van der Waals surface area contributed by atoms with Gasteiger partial charge in [-0.2, -0.15) is 4.31 Å². The van der Waals surface area contributed by atoms with E-state index in [1.165, 1.54) is 16.4 Å². The molecule has 2 aliphatic heterocycles. The van der Waals surface area contributed by atoms with Gasteiger partial charge in [0.2, 0.25) is 15.9 Å². The molecule has 0 radical (unpaired) electrons. The minimum Gasteiger partial charge on any atom is -0.356 e. The fourth-order valence-corrected chi connectivity index (χ4v) is 5.44. The summed E-state index contributed by atoms with van der Waals surface area (Å²) in [6.07, 6.45) is 2.05. The number of hydrogen-bond acceptors (Lipinski definition) is 5. The van der Waals surface area contributed by atoms with Crippen molar-refractivity contribution < 1.29 is 13.2 Å². The Morgan fingerprint density at radius 2 is 1.69 bits per heavy atom. The van der Waals surface area contributed by atoms with Crippen molar-refractivity contribution in [1.82, 2.24) is 19.4 Å². The molecule has 1 N–H and O–H groups in total. The Labute approximate surface area is 179 Å². The predicted molar refractivity (Wildman–Crippen MR) is 114 cm³/mol. The molecule has 7 nitrogen and oxygen atoms in total. The van der Waals surface area contributed by atoms with Gasteiger partial charge in [0.05, 0.1) is 4.90 Å². The van der Waals surface area contributed by atoms with E-state index in [4.69, 9.17) is 11.6 Å². The highest BCUT2D eigenvalue weighted by atomic mass is 35.5. The van der Waals surface area contributed by atoms with Crippen molar-refractivity contribution in [3.05, 3.63) is 29.3 Å². The van der Waals surface area contributed by atoms with Crippen LogP contribution < -0.4 is 5.32 Å². The van der Waals surface area contributed by atoms with Crippen molar-refractivity contribution >= 4 is 27.5 Å². The Kier molecular flexibility index (Phi) is 7.92. The van der Waals surface area contributed by atoms with Crippen molar-refractivity contribution in [3.8, 4) is 0 Å². The zero-order chi connectivity index (χ0) is 20.9. The van der Waals surface area contributed by atoms with E-state index in [1.54, 1.807) is 12.1 Å². The summed E-state index contributed by atoms with van der Waals surface area (Å²) in [7, 11) is -1.39.